The van der Waals surface area contributed by atoms with E-state index >= 15 is 0 Å². The van der Waals surface area contributed by atoms with Crippen molar-refractivity contribution >= 4 is 23.2 Å². The highest BCUT2D eigenvalue weighted by molar-refractivity contribution is 6.42. The Bertz CT molecular complexity index is 581. The lowest BCUT2D eigenvalue weighted by Crippen LogP contribution is -1.90. The minimum absolute atomic E-state index is 0.453. The summed E-state index contributed by atoms with van der Waals surface area (Å²) in [5.74, 6) is 0. The largest absolute Gasteiger partial charge is 0.325 e. The van der Waals surface area contributed by atoms with Gasteiger partial charge in [0.05, 0.1) is 16.4 Å². The summed E-state index contributed by atoms with van der Waals surface area (Å²) < 4.78 is 1.66. The molecule has 16 heavy (non-hydrogen) atoms. The van der Waals surface area contributed by atoms with Gasteiger partial charge in [0.15, 0.2) is 0 Å². The Morgan fingerprint density at radius 2 is 2.06 bits per heavy atom. The van der Waals surface area contributed by atoms with Gasteiger partial charge in [-0.2, -0.15) is 5.26 Å². The minimum Gasteiger partial charge on any atom is -0.325 e. The number of imidazole rings is 1. The van der Waals surface area contributed by atoms with Gasteiger partial charge in [-0.1, -0.05) is 29.3 Å². The maximum Gasteiger partial charge on any atom is 0.147 e. The van der Waals surface area contributed by atoms with Crippen LogP contribution in [0.25, 0.3) is 11.3 Å². The molecule has 0 unspecified atom stereocenters. The molecule has 0 aliphatic rings. The number of halogens is 2. The summed E-state index contributed by atoms with van der Waals surface area (Å²) in [5, 5.41) is 9.94. The van der Waals surface area contributed by atoms with Gasteiger partial charge in [-0.05, 0) is 12.1 Å². The highest BCUT2D eigenvalue weighted by Crippen LogP contribution is 2.29. The van der Waals surface area contributed by atoms with Crippen molar-refractivity contribution in [2.45, 2.75) is 0 Å². The van der Waals surface area contributed by atoms with E-state index in [2.05, 4.69) is 11.1 Å². The van der Waals surface area contributed by atoms with Crippen molar-refractivity contribution in [2.75, 3.05) is 0 Å². The van der Waals surface area contributed by atoms with Crippen LogP contribution in [0.3, 0.4) is 0 Å². The van der Waals surface area contributed by atoms with Gasteiger partial charge >= 0.3 is 0 Å². The van der Waals surface area contributed by atoms with E-state index < -0.39 is 0 Å². The number of hydrogen-bond donors (Lipinski definition) is 0. The number of nitrogens with zero attached hydrogens (tertiary/aromatic N) is 3. The molecular weight excluding hydrogens is 245 g/mol. The van der Waals surface area contributed by atoms with Crippen LogP contribution in [0.15, 0.2) is 24.5 Å². The molecule has 0 saturated heterocycles. The van der Waals surface area contributed by atoms with Gasteiger partial charge in [0.25, 0.3) is 0 Å². The van der Waals surface area contributed by atoms with Crippen molar-refractivity contribution in [3.8, 4) is 17.3 Å². The molecule has 2 aromatic rings. The van der Waals surface area contributed by atoms with Crippen LogP contribution in [0.1, 0.15) is 5.69 Å². The zero-order valence-electron chi connectivity index (χ0n) is 8.41. The molecule has 3 nitrogen and oxygen atoms in total. The van der Waals surface area contributed by atoms with Crippen molar-refractivity contribution < 1.29 is 0 Å². The molecule has 5 heteroatoms. The van der Waals surface area contributed by atoms with Gasteiger partial charge in [0.1, 0.15) is 17.5 Å². The lowest BCUT2D eigenvalue weighted by Gasteiger charge is -2.01. The standard InChI is InChI=1S/C11H7Cl2N3/c1-16-6-15-11(10(16)5-14)7-2-3-8(12)9(13)4-7/h2-4,6H,1H3. The fourth-order valence-electron chi connectivity index (χ4n) is 1.42. The molecule has 0 bridgehead atoms. The van der Waals surface area contributed by atoms with Crippen molar-refractivity contribution in [2.24, 2.45) is 7.05 Å². The summed E-state index contributed by atoms with van der Waals surface area (Å²) in [6.07, 6.45) is 1.59. The van der Waals surface area contributed by atoms with Gasteiger partial charge in [0, 0.05) is 12.6 Å². The Morgan fingerprint density at radius 1 is 1.31 bits per heavy atom. The molecule has 80 valence electrons. The van der Waals surface area contributed by atoms with Crippen LogP contribution in [-0.4, -0.2) is 9.55 Å². The van der Waals surface area contributed by atoms with E-state index in [9.17, 15) is 0 Å². The summed E-state index contributed by atoms with van der Waals surface area (Å²) in [6.45, 7) is 0. The Morgan fingerprint density at radius 3 is 2.69 bits per heavy atom. The number of hydrogen-bond acceptors (Lipinski definition) is 2. The maximum absolute atomic E-state index is 9.00. The second kappa shape index (κ2) is 4.17. The molecule has 1 aromatic carbocycles. The third kappa shape index (κ3) is 1.78. The fourth-order valence-corrected chi connectivity index (χ4v) is 1.71. The Kier molecular flexibility index (Phi) is 2.86. The molecule has 1 aromatic heterocycles. The van der Waals surface area contributed by atoms with Crippen molar-refractivity contribution in [3.63, 3.8) is 0 Å². The third-order valence-electron chi connectivity index (χ3n) is 2.24. The lowest BCUT2D eigenvalue weighted by atomic mass is 10.1. The highest BCUT2D eigenvalue weighted by atomic mass is 35.5. The number of benzene rings is 1. The van der Waals surface area contributed by atoms with E-state index in [0.717, 1.165) is 5.56 Å². The average molecular weight is 252 g/mol. The Hall–Kier alpha value is -1.50. The van der Waals surface area contributed by atoms with E-state index in [0.29, 0.717) is 21.4 Å². The zero-order valence-corrected chi connectivity index (χ0v) is 9.92. The zero-order chi connectivity index (χ0) is 11.7. The van der Waals surface area contributed by atoms with Gasteiger partial charge in [0.2, 0.25) is 0 Å². The van der Waals surface area contributed by atoms with Crippen LogP contribution < -0.4 is 0 Å². The van der Waals surface area contributed by atoms with Crippen molar-refractivity contribution in [1.82, 2.24) is 9.55 Å². The molecule has 0 N–H and O–H groups in total. The molecule has 0 aliphatic heterocycles. The molecule has 0 atom stereocenters. The van der Waals surface area contributed by atoms with Crippen LogP contribution in [0.2, 0.25) is 10.0 Å². The summed E-state index contributed by atoms with van der Waals surface area (Å²) >= 11 is 11.7. The molecule has 0 radical (unpaired) electrons. The Labute approximate surface area is 103 Å². The molecule has 1 heterocycles. The first-order valence-electron chi connectivity index (χ1n) is 4.50. The molecule has 0 amide bonds. The number of rotatable bonds is 1. The SMILES string of the molecule is Cn1cnc(-c2ccc(Cl)c(Cl)c2)c1C#N. The molecule has 0 fully saturated rings. The highest BCUT2D eigenvalue weighted by Gasteiger charge is 2.11. The van der Waals surface area contributed by atoms with Crippen LogP contribution in [0.4, 0.5) is 0 Å². The van der Waals surface area contributed by atoms with E-state index in [1.165, 1.54) is 0 Å². The van der Waals surface area contributed by atoms with E-state index in [-0.39, 0.29) is 0 Å². The molecule has 0 saturated carbocycles. The molecule has 0 spiro atoms. The quantitative estimate of drug-likeness (QED) is 0.781. The van der Waals surface area contributed by atoms with Crippen molar-refractivity contribution in [3.05, 3.63) is 40.3 Å². The summed E-state index contributed by atoms with van der Waals surface area (Å²) in [6, 6.07) is 7.28. The molecule has 2 rings (SSSR count). The van der Waals surface area contributed by atoms with Gasteiger partial charge < -0.3 is 4.57 Å². The van der Waals surface area contributed by atoms with Gasteiger partial charge in [-0.25, -0.2) is 4.98 Å². The first-order chi connectivity index (χ1) is 7.63. The van der Waals surface area contributed by atoms with Crippen LogP contribution >= 0.6 is 23.2 Å². The topological polar surface area (TPSA) is 41.6 Å². The summed E-state index contributed by atoms with van der Waals surface area (Å²) in [7, 11) is 1.77. The number of nitriles is 1. The average Bonchev–Trinajstić information content (AvgIpc) is 2.63. The minimum atomic E-state index is 0.453. The van der Waals surface area contributed by atoms with Gasteiger partial charge in [-0.15, -0.1) is 0 Å². The normalized spacial score (nSPS) is 10.1. The predicted molar refractivity (Wildman–Crippen MR) is 63.4 cm³/mol. The Balaban J connectivity index is 2.60. The first-order valence-corrected chi connectivity index (χ1v) is 5.26. The van der Waals surface area contributed by atoms with E-state index in [1.54, 1.807) is 36.1 Å². The van der Waals surface area contributed by atoms with Crippen LogP contribution in [0, 0.1) is 11.3 Å². The smallest absolute Gasteiger partial charge is 0.147 e. The predicted octanol–water partition coefficient (Wildman–Crippen LogP) is 3.27. The lowest BCUT2D eigenvalue weighted by molar-refractivity contribution is 0.897. The summed E-state index contributed by atoms with van der Waals surface area (Å²) in [4.78, 5) is 4.17. The number of aromatic nitrogens is 2. The van der Waals surface area contributed by atoms with E-state index in [1.807, 2.05) is 0 Å². The van der Waals surface area contributed by atoms with Crippen LogP contribution in [-0.2, 0) is 7.05 Å². The summed E-state index contributed by atoms with van der Waals surface area (Å²) in [5.41, 5.74) is 1.90. The van der Waals surface area contributed by atoms with E-state index in [4.69, 9.17) is 28.5 Å². The monoisotopic (exact) mass is 251 g/mol. The third-order valence-corrected chi connectivity index (χ3v) is 2.98. The van der Waals surface area contributed by atoms with Crippen molar-refractivity contribution in [1.29, 1.82) is 5.26 Å². The molecule has 0 aliphatic carbocycles. The van der Waals surface area contributed by atoms with Gasteiger partial charge in [-0.3, -0.25) is 0 Å². The molecular formula is C11H7Cl2N3. The fraction of sp³-hybridized carbons (Fsp3) is 0.0909. The second-order valence-corrected chi connectivity index (χ2v) is 4.11. The number of aryl methyl sites for hydroxylation is 1. The second-order valence-electron chi connectivity index (χ2n) is 3.29. The maximum atomic E-state index is 9.00. The first kappa shape index (κ1) is 11.0. The van der Waals surface area contributed by atoms with Crippen LogP contribution in [0.5, 0.6) is 0 Å².